The number of hydrogen-bond donors (Lipinski definition) is 2. The molecule has 0 aliphatic carbocycles. The molecule has 5 nitrogen and oxygen atoms in total. The molecule has 25 heavy (non-hydrogen) atoms. The summed E-state index contributed by atoms with van der Waals surface area (Å²) in [6, 6.07) is 12.7. The smallest absolute Gasteiger partial charge is 0.319 e. The fourth-order valence-electron chi connectivity index (χ4n) is 2.36. The van der Waals surface area contributed by atoms with Crippen molar-refractivity contribution < 1.29 is 14.0 Å². The maximum absolute atomic E-state index is 13.8. The zero-order chi connectivity index (χ0) is 18.4. The highest BCUT2D eigenvalue weighted by atomic mass is 19.1. The van der Waals surface area contributed by atoms with Gasteiger partial charge >= 0.3 is 6.03 Å². The molecule has 0 saturated carbocycles. The van der Waals surface area contributed by atoms with E-state index in [2.05, 4.69) is 10.6 Å². The van der Waals surface area contributed by atoms with Gasteiger partial charge in [0.2, 0.25) is 0 Å². The summed E-state index contributed by atoms with van der Waals surface area (Å²) in [4.78, 5) is 26.0. The van der Waals surface area contributed by atoms with Crippen molar-refractivity contribution in [3.05, 3.63) is 65.5 Å². The molecular formula is C19H22FN3O2. The maximum atomic E-state index is 13.8. The highest BCUT2D eigenvalue weighted by molar-refractivity contribution is 6.03. The second-order valence-electron chi connectivity index (χ2n) is 6.05. The number of rotatable bonds is 5. The van der Waals surface area contributed by atoms with Crippen LogP contribution in [0.4, 0.5) is 14.9 Å². The summed E-state index contributed by atoms with van der Waals surface area (Å²) in [6.45, 7) is 3.83. The van der Waals surface area contributed by atoms with Crippen LogP contribution in [0, 0.1) is 5.82 Å². The second-order valence-corrected chi connectivity index (χ2v) is 6.05. The van der Waals surface area contributed by atoms with Crippen molar-refractivity contribution in [3.63, 3.8) is 0 Å². The largest absolute Gasteiger partial charge is 0.337 e. The molecule has 0 aromatic heterocycles. The molecule has 0 atom stereocenters. The van der Waals surface area contributed by atoms with Gasteiger partial charge in [0.15, 0.2) is 0 Å². The molecule has 2 N–H and O–H groups in total. The van der Waals surface area contributed by atoms with Gasteiger partial charge in [-0.25, -0.2) is 9.18 Å². The van der Waals surface area contributed by atoms with Crippen LogP contribution < -0.4 is 10.6 Å². The zero-order valence-corrected chi connectivity index (χ0v) is 14.5. The predicted molar refractivity (Wildman–Crippen MR) is 95.9 cm³/mol. The topological polar surface area (TPSA) is 61.4 Å². The second kappa shape index (κ2) is 8.28. The fourth-order valence-corrected chi connectivity index (χ4v) is 2.36. The lowest BCUT2D eigenvalue weighted by atomic mass is 10.1. The van der Waals surface area contributed by atoms with Gasteiger partial charge in [0.05, 0.1) is 11.3 Å². The number of halogens is 1. The first kappa shape index (κ1) is 18.4. The van der Waals surface area contributed by atoms with E-state index in [1.54, 1.807) is 49.5 Å². The molecule has 132 valence electrons. The maximum Gasteiger partial charge on any atom is 0.319 e. The zero-order valence-electron chi connectivity index (χ0n) is 14.5. The van der Waals surface area contributed by atoms with Crippen LogP contribution in [0.3, 0.4) is 0 Å². The molecule has 0 heterocycles. The van der Waals surface area contributed by atoms with Crippen LogP contribution in [0.2, 0.25) is 0 Å². The van der Waals surface area contributed by atoms with Crippen LogP contribution in [0.25, 0.3) is 0 Å². The summed E-state index contributed by atoms with van der Waals surface area (Å²) >= 11 is 0. The van der Waals surface area contributed by atoms with Crippen LogP contribution in [-0.2, 0) is 6.54 Å². The highest BCUT2D eigenvalue weighted by Gasteiger charge is 2.18. The molecule has 0 saturated heterocycles. The quantitative estimate of drug-likeness (QED) is 0.871. The van der Waals surface area contributed by atoms with Crippen LogP contribution in [0.1, 0.15) is 29.8 Å². The first-order chi connectivity index (χ1) is 11.9. The summed E-state index contributed by atoms with van der Waals surface area (Å²) in [5, 5.41) is 5.39. The number of anilines is 1. The Bertz CT molecular complexity index is 762. The van der Waals surface area contributed by atoms with E-state index in [1.165, 1.54) is 11.0 Å². The molecule has 0 radical (unpaired) electrons. The number of nitrogens with one attached hydrogen (secondary N) is 2. The van der Waals surface area contributed by atoms with Gasteiger partial charge in [-0.2, -0.15) is 0 Å². The Labute approximate surface area is 146 Å². The van der Waals surface area contributed by atoms with Gasteiger partial charge in [0.1, 0.15) is 5.82 Å². The molecule has 0 unspecified atom stereocenters. The van der Waals surface area contributed by atoms with E-state index < -0.39 is 0 Å². The van der Waals surface area contributed by atoms with Crippen LogP contribution in [0.15, 0.2) is 48.5 Å². The predicted octanol–water partition coefficient (Wildman–Crippen LogP) is 3.63. The van der Waals surface area contributed by atoms with E-state index in [4.69, 9.17) is 0 Å². The van der Waals surface area contributed by atoms with Crippen molar-refractivity contribution in [1.82, 2.24) is 10.2 Å². The van der Waals surface area contributed by atoms with E-state index in [0.29, 0.717) is 16.8 Å². The minimum absolute atomic E-state index is 0.0217. The fraction of sp³-hybridized carbons (Fsp3) is 0.263. The van der Waals surface area contributed by atoms with Gasteiger partial charge in [-0.1, -0.05) is 30.3 Å². The van der Waals surface area contributed by atoms with E-state index in [-0.39, 0.29) is 30.3 Å². The van der Waals surface area contributed by atoms with Gasteiger partial charge in [-0.15, -0.1) is 0 Å². The minimum Gasteiger partial charge on any atom is -0.337 e. The lowest BCUT2D eigenvalue weighted by Crippen LogP contribution is -2.35. The normalized spacial score (nSPS) is 10.4. The Kier molecular flexibility index (Phi) is 6.11. The molecule has 0 bridgehead atoms. The Morgan fingerprint density at radius 2 is 1.72 bits per heavy atom. The van der Waals surface area contributed by atoms with Crippen molar-refractivity contribution in [3.8, 4) is 0 Å². The molecule has 0 aliphatic heterocycles. The number of benzene rings is 2. The first-order valence-corrected chi connectivity index (χ1v) is 8.04. The van der Waals surface area contributed by atoms with E-state index >= 15 is 0 Å². The molecule has 2 rings (SSSR count). The molecule has 6 heteroatoms. The monoisotopic (exact) mass is 343 g/mol. The van der Waals surface area contributed by atoms with Crippen molar-refractivity contribution >= 4 is 17.6 Å². The summed E-state index contributed by atoms with van der Waals surface area (Å²) in [5.74, 6) is -0.659. The SMILES string of the molecule is CC(C)NC(=O)Nc1ccccc1C(=O)N(C)Cc1ccccc1F. The number of hydrogen-bond acceptors (Lipinski definition) is 2. The van der Waals surface area contributed by atoms with Crippen LogP contribution in [0.5, 0.6) is 0 Å². The van der Waals surface area contributed by atoms with Crippen molar-refractivity contribution in [1.29, 1.82) is 0 Å². The molecular weight excluding hydrogens is 321 g/mol. The molecule has 2 aromatic rings. The van der Waals surface area contributed by atoms with Crippen molar-refractivity contribution in [2.24, 2.45) is 0 Å². The van der Waals surface area contributed by atoms with Gasteiger partial charge in [0, 0.05) is 25.2 Å². The van der Waals surface area contributed by atoms with Crippen LogP contribution >= 0.6 is 0 Å². The Hall–Kier alpha value is -2.89. The molecule has 0 fully saturated rings. The highest BCUT2D eigenvalue weighted by Crippen LogP contribution is 2.18. The number of amides is 3. The first-order valence-electron chi connectivity index (χ1n) is 8.04. The van der Waals surface area contributed by atoms with E-state index in [1.807, 2.05) is 13.8 Å². The lowest BCUT2D eigenvalue weighted by Gasteiger charge is -2.20. The van der Waals surface area contributed by atoms with Crippen molar-refractivity contribution in [2.45, 2.75) is 26.4 Å². The molecule has 0 spiro atoms. The van der Waals surface area contributed by atoms with E-state index in [9.17, 15) is 14.0 Å². The van der Waals surface area contributed by atoms with E-state index in [0.717, 1.165) is 0 Å². The van der Waals surface area contributed by atoms with Crippen LogP contribution in [-0.4, -0.2) is 29.9 Å². The summed E-state index contributed by atoms with van der Waals surface area (Å²) < 4.78 is 13.8. The lowest BCUT2D eigenvalue weighted by molar-refractivity contribution is 0.0785. The Morgan fingerprint density at radius 3 is 2.40 bits per heavy atom. The van der Waals surface area contributed by atoms with Gasteiger partial charge in [-0.3, -0.25) is 4.79 Å². The number of nitrogens with zero attached hydrogens (tertiary/aromatic N) is 1. The summed E-state index contributed by atoms with van der Waals surface area (Å²) in [6.07, 6.45) is 0. The Morgan fingerprint density at radius 1 is 1.08 bits per heavy atom. The average Bonchev–Trinajstić information content (AvgIpc) is 2.56. The summed E-state index contributed by atoms with van der Waals surface area (Å²) in [7, 11) is 1.60. The van der Waals surface area contributed by atoms with Gasteiger partial charge < -0.3 is 15.5 Å². The Balaban J connectivity index is 2.16. The number of carbonyl (C=O) groups is 2. The van der Waals surface area contributed by atoms with Crippen molar-refractivity contribution in [2.75, 3.05) is 12.4 Å². The summed E-state index contributed by atoms with van der Waals surface area (Å²) in [5.41, 5.74) is 1.19. The van der Waals surface area contributed by atoms with Gasteiger partial charge in [0.25, 0.3) is 5.91 Å². The molecule has 2 aromatic carbocycles. The number of urea groups is 1. The third-order valence-electron chi connectivity index (χ3n) is 3.54. The molecule has 3 amide bonds. The van der Waals surface area contributed by atoms with Gasteiger partial charge in [-0.05, 0) is 32.0 Å². The standard InChI is InChI=1S/C19H22FN3O2/c1-13(2)21-19(25)22-17-11-7-5-9-15(17)18(24)23(3)12-14-8-4-6-10-16(14)20/h4-11,13H,12H2,1-3H3,(H2,21,22,25). The number of carbonyl (C=O) groups excluding carboxylic acids is 2. The molecule has 0 aliphatic rings. The minimum atomic E-state index is -0.382. The number of para-hydroxylation sites is 1. The third kappa shape index (κ3) is 5.04. The average molecular weight is 343 g/mol. The third-order valence-corrected chi connectivity index (χ3v) is 3.54.